The molecule has 0 radical (unpaired) electrons. The van der Waals surface area contributed by atoms with Crippen LogP contribution in [0.5, 0.6) is 0 Å². The first-order valence-corrected chi connectivity index (χ1v) is 6.39. The lowest BCUT2D eigenvalue weighted by atomic mass is 10.1. The van der Waals surface area contributed by atoms with E-state index >= 15 is 0 Å². The molecule has 1 aliphatic carbocycles. The molecule has 2 atom stereocenters. The molecular weight excluding hydrogens is 234 g/mol. The standard InChI is InChI=1S/C12H25N3O3/c1-9(10-4-5-10)15(6-7-17-2)11(8-18-3)12(16)14-13/h9-11H,4-8,13H2,1-3H3,(H,14,16). The topological polar surface area (TPSA) is 76.8 Å². The van der Waals surface area contributed by atoms with Crippen molar-refractivity contribution in [1.29, 1.82) is 0 Å². The van der Waals surface area contributed by atoms with Crippen molar-refractivity contribution in [3.63, 3.8) is 0 Å². The highest BCUT2D eigenvalue weighted by molar-refractivity contribution is 5.81. The predicted molar refractivity (Wildman–Crippen MR) is 68.8 cm³/mol. The zero-order valence-electron chi connectivity index (χ0n) is 11.5. The summed E-state index contributed by atoms with van der Waals surface area (Å²) in [5, 5.41) is 0. The number of methoxy groups -OCH3 is 2. The number of hydrogen-bond acceptors (Lipinski definition) is 5. The molecule has 0 aromatic heterocycles. The SMILES string of the molecule is COCCN(C(COC)C(=O)NN)C(C)C1CC1. The molecule has 1 rings (SSSR count). The second-order valence-electron chi connectivity index (χ2n) is 4.79. The highest BCUT2D eigenvalue weighted by Crippen LogP contribution is 2.35. The average molecular weight is 259 g/mol. The summed E-state index contributed by atoms with van der Waals surface area (Å²) in [5.74, 6) is 5.71. The summed E-state index contributed by atoms with van der Waals surface area (Å²) in [6, 6.07) is -0.0108. The fourth-order valence-corrected chi connectivity index (χ4v) is 2.27. The number of hydrogen-bond donors (Lipinski definition) is 2. The van der Waals surface area contributed by atoms with Gasteiger partial charge in [-0.25, -0.2) is 5.84 Å². The van der Waals surface area contributed by atoms with E-state index < -0.39 is 0 Å². The van der Waals surface area contributed by atoms with E-state index in [9.17, 15) is 4.79 Å². The monoisotopic (exact) mass is 259 g/mol. The number of hydrazine groups is 1. The zero-order chi connectivity index (χ0) is 13.5. The van der Waals surface area contributed by atoms with Gasteiger partial charge in [-0.3, -0.25) is 15.1 Å². The van der Waals surface area contributed by atoms with Crippen LogP contribution in [0.3, 0.4) is 0 Å². The van der Waals surface area contributed by atoms with Crippen molar-refractivity contribution < 1.29 is 14.3 Å². The maximum absolute atomic E-state index is 11.9. The van der Waals surface area contributed by atoms with E-state index in [2.05, 4.69) is 17.2 Å². The summed E-state index contributed by atoms with van der Waals surface area (Å²) in [4.78, 5) is 14.0. The Morgan fingerprint density at radius 3 is 2.56 bits per heavy atom. The summed E-state index contributed by atoms with van der Waals surface area (Å²) < 4.78 is 10.3. The normalized spacial score (nSPS) is 18.7. The Kier molecular flexibility index (Phi) is 6.56. The Morgan fingerprint density at radius 2 is 2.11 bits per heavy atom. The van der Waals surface area contributed by atoms with Crippen LogP contribution in [0.25, 0.3) is 0 Å². The van der Waals surface area contributed by atoms with E-state index in [-0.39, 0.29) is 11.9 Å². The Morgan fingerprint density at radius 1 is 1.44 bits per heavy atom. The van der Waals surface area contributed by atoms with Crippen LogP contribution in [0.2, 0.25) is 0 Å². The Balaban J connectivity index is 2.71. The van der Waals surface area contributed by atoms with Crippen LogP contribution in [0, 0.1) is 5.92 Å². The van der Waals surface area contributed by atoms with Gasteiger partial charge in [0.1, 0.15) is 6.04 Å². The second-order valence-corrected chi connectivity index (χ2v) is 4.79. The molecule has 1 aliphatic rings. The maximum atomic E-state index is 11.9. The predicted octanol–water partition coefficient (Wildman–Crippen LogP) is -0.262. The molecular formula is C12H25N3O3. The Bertz CT molecular complexity index is 259. The minimum absolute atomic E-state index is 0.208. The average Bonchev–Trinajstić information content (AvgIpc) is 3.20. The van der Waals surface area contributed by atoms with Crippen molar-refractivity contribution in [2.75, 3.05) is 34.0 Å². The third kappa shape index (κ3) is 4.20. The molecule has 0 aromatic rings. The third-order valence-electron chi connectivity index (χ3n) is 3.55. The van der Waals surface area contributed by atoms with Crippen LogP contribution in [0.4, 0.5) is 0 Å². The molecule has 0 bridgehead atoms. The van der Waals surface area contributed by atoms with Crippen LogP contribution in [0.1, 0.15) is 19.8 Å². The van der Waals surface area contributed by atoms with E-state index in [4.69, 9.17) is 15.3 Å². The molecule has 106 valence electrons. The van der Waals surface area contributed by atoms with Crippen LogP contribution in [-0.2, 0) is 14.3 Å². The zero-order valence-corrected chi connectivity index (χ0v) is 11.5. The van der Waals surface area contributed by atoms with Gasteiger partial charge in [0.15, 0.2) is 0 Å². The van der Waals surface area contributed by atoms with E-state index in [0.717, 1.165) is 0 Å². The van der Waals surface area contributed by atoms with Gasteiger partial charge >= 0.3 is 0 Å². The number of nitrogens with zero attached hydrogens (tertiary/aromatic N) is 1. The van der Waals surface area contributed by atoms with Crippen LogP contribution in [-0.4, -0.2) is 56.9 Å². The van der Waals surface area contributed by atoms with Gasteiger partial charge in [-0.2, -0.15) is 0 Å². The fourth-order valence-electron chi connectivity index (χ4n) is 2.27. The molecule has 6 heteroatoms. The van der Waals surface area contributed by atoms with Gasteiger partial charge < -0.3 is 9.47 Å². The number of rotatable bonds is 9. The smallest absolute Gasteiger partial charge is 0.253 e. The lowest BCUT2D eigenvalue weighted by Gasteiger charge is -2.35. The van der Waals surface area contributed by atoms with Crippen LogP contribution < -0.4 is 11.3 Å². The number of amides is 1. The van der Waals surface area contributed by atoms with Crippen LogP contribution >= 0.6 is 0 Å². The molecule has 1 saturated carbocycles. The number of nitrogens with one attached hydrogen (secondary N) is 1. The van der Waals surface area contributed by atoms with Crippen molar-refractivity contribution in [2.45, 2.75) is 31.8 Å². The fraction of sp³-hybridized carbons (Fsp3) is 0.917. The Labute approximate surface area is 109 Å². The number of ether oxygens (including phenoxy) is 2. The molecule has 2 unspecified atom stereocenters. The van der Waals surface area contributed by atoms with E-state index in [0.29, 0.717) is 31.7 Å². The first-order chi connectivity index (χ1) is 8.65. The van der Waals surface area contributed by atoms with Gasteiger partial charge in [-0.1, -0.05) is 0 Å². The van der Waals surface area contributed by atoms with Gasteiger partial charge in [0.05, 0.1) is 13.2 Å². The van der Waals surface area contributed by atoms with E-state index in [1.807, 2.05) is 0 Å². The van der Waals surface area contributed by atoms with Gasteiger partial charge in [0.25, 0.3) is 5.91 Å². The second kappa shape index (κ2) is 7.68. The minimum Gasteiger partial charge on any atom is -0.383 e. The highest BCUT2D eigenvalue weighted by atomic mass is 16.5. The van der Waals surface area contributed by atoms with Gasteiger partial charge in [0, 0.05) is 26.8 Å². The maximum Gasteiger partial charge on any atom is 0.253 e. The largest absolute Gasteiger partial charge is 0.383 e. The molecule has 0 spiro atoms. The summed E-state index contributed by atoms with van der Waals surface area (Å²) in [5.41, 5.74) is 2.22. The molecule has 0 aromatic carbocycles. The van der Waals surface area contributed by atoms with Crippen molar-refractivity contribution in [2.24, 2.45) is 11.8 Å². The van der Waals surface area contributed by atoms with Crippen molar-refractivity contribution in [3.8, 4) is 0 Å². The molecule has 3 N–H and O–H groups in total. The first kappa shape index (κ1) is 15.4. The highest BCUT2D eigenvalue weighted by Gasteiger charge is 2.37. The molecule has 1 amide bonds. The van der Waals surface area contributed by atoms with Crippen molar-refractivity contribution in [1.82, 2.24) is 10.3 Å². The number of carbonyl (C=O) groups is 1. The van der Waals surface area contributed by atoms with Gasteiger partial charge in [0.2, 0.25) is 0 Å². The van der Waals surface area contributed by atoms with Crippen LogP contribution in [0.15, 0.2) is 0 Å². The lowest BCUT2D eigenvalue weighted by Crippen LogP contribution is -2.55. The summed E-state index contributed by atoms with van der Waals surface area (Å²) in [6.45, 7) is 3.79. The minimum atomic E-state index is -0.356. The van der Waals surface area contributed by atoms with Crippen molar-refractivity contribution in [3.05, 3.63) is 0 Å². The van der Waals surface area contributed by atoms with E-state index in [1.165, 1.54) is 12.8 Å². The molecule has 1 fully saturated rings. The molecule has 0 heterocycles. The first-order valence-electron chi connectivity index (χ1n) is 6.39. The Hall–Kier alpha value is -0.690. The summed E-state index contributed by atoms with van der Waals surface area (Å²) in [7, 11) is 3.25. The molecule has 6 nitrogen and oxygen atoms in total. The molecule has 0 aliphatic heterocycles. The lowest BCUT2D eigenvalue weighted by molar-refractivity contribution is -0.130. The molecule has 18 heavy (non-hydrogen) atoms. The van der Waals surface area contributed by atoms with Gasteiger partial charge in [-0.05, 0) is 25.7 Å². The van der Waals surface area contributed by atoms with Crippen molar-refractivity contribution >= 4 is 5.91 Å². The summed E-state index contributed by atoms with van der Waals surface area (Å²) >= 11 is 0. The van der Waals surface area contributed by atoms with Gasteiger partial charge in [-0.15, -0.1) is 0 Å². The number of nitrogens with two attached hydrogens (primary N) is 1. The quantitative estimate of drug-likeness (QED) is 0.339. The molecule has 0 saturated heterocycles. The van der Waals surface area contributed by atoms with E-state index in [1.54, 1.807) is 14.2 Å². The third-order valence-corrected chi connectivity index (χ3v) is 3.55. The summed E-state index contributed by atoms with van der Waals surface area (Å²) in [6.07, 6.45) is 2.46. The number of carbonyl (C=O) groups excluding carboxylic acids is 1.